The highest BCUT2D eigenvalue weighted by atomic mass is 19.1. The molecule has 1 saturated heterocycles. The van der Waals surface area contributed by atoms with Gasteiger partial charge in [0.1, 0.15) is 5.82 Å². The van der Waals surface area contributed by atoms with Crippen molar-refractivity contribution in [2.24, 2.45) is 4.99 Å². The molecular weight excluding hydrogens is 369 g/mol. The summed E-state index contributed by atoms with van der Waals surface area (Å²) in [6, 6.07) is 12.8. The first-order valence-electron chi connectivity index (χ1n) is 9.89. The highest BCUT2D eigenvalue weighted by Crippen LogP contribution is 2.14. The van der Waals surface area contributed by atoms with Crippen LogP contribution >= 0.6 is 0 Å². The van der Waals surface area contributed by atoms with Gasteiger partial charge in [0.2, 0.25) is 0 Å². The third-order valence-corrected chi connectivity index (χ3v) is 4.94. The van der Waals surface area contributed by atoms with E-state index in [1.165, 1.54) is 6.07 Å². The molecule has 154 valence electrons. The number of guanidine groups is 1. The first-order valence-corrected chi connectivity index (χ1v) is 9.89. The van der Waals surface area contributed by atoms with Crippen LogP contribution in [0.3, 0.4) is 0 Å². The number of carbonyl (C=O) groups is 1. The average molecular weight is 397 g/mol. The Morgan fingerprint density at radius 1 is 1.07 bits per heavy atom. The standard InChI is InChI=1S/C22H28FN5O/c1-16-12-18(8-9-20(16)23)15-26-21(24-2)25-14-17-6-5-7-19(13-17)27-22(29)28-10-3-4-11-28/h5-9,12-13H,3-4,10-11,14-15H2,1-2H3,(H,27,29)(H2,24,25,26). The van der Waals surface area contributed by atoms with Gasteiger partial charge in [-0.15, -0.1) is 0 Å². The molecule has 0 atom stereocenters. The predicted molar refractivity (Wildman–Crippen MR) is 114 cm³/mol. The number of hydrogen-bond donors (Lipinski definition) is 3. The molecule has 2 aromatic carbocycles. The van der Waals surface area contributed by atoms with E-state index in [-0.39, 0.29) is 11.8 Å². The third kappa shape index (κ3) is 5.94. The Hall–Kier alpha value is -3.09. The molecule has 3 N–H and O–H groups in total. The molecule has 2 amide bonds. The van der Waals surface area contributed by atoms with Gasteiger partial charge < -0.3 is 20.9 Å². The zero-order chi connectivity index (χ0) is 20.6. The van der Waals surface area contributed by atoms with Gasteiger partial charge in [-0.25, -0.2) is 9.18 Å². The first kappa shape index (κ1) is 20.6. The zero-order valence-electron chi connectivity index (χ0n) is 17.0. The number of halogens is 1. The van der Waals surface area contributed by atoms with Crippen molar-refractivity contribution in [2.45, 2.75) is 32.9 Å². The number of anilines is 1. The number of likely N-dealkylation sites (tertiary alicyclic amines) is 1. The molecule has 1 aliphatic heterocycles. The molecule has 1 heterocycles. The van der Waals surface area contributed by atoms with Crippen LogP contribution in [-0.4, -0.2) is 37.0 Å². The van der Waals surface area contributed by atoms with Gasteiger partial charge in [0, 0.05) is 38.9 Å². The molecule has 0 aromatic heterocycles. The summed E-state index contributed by atoms with van der Waals surface area (Å²) in [5.74, 6) is 0.450. The summed E-state index contributed by atoms with van der Waals surface area (Å²) in [7, 11) is 1.71. The molecule has 1 fully saturated rings. The van der Waals surface area contributed by atoms with Crippen LogP contribution in [0.1, 0.15) is 29.5 Å². The lowest BCUT2D eigenvalue weighted by Crippen LogP contribution is -2.36. The van der Waals surface area contributed by atoms with E-state index in [2.05, 4.69) is 20.9 Å². The van der Waals surface area contributed by atoms with Crippen molar-refractivity contribution >= 4 is 17.7 Å². The number of hydrogen-bond acceptors (Lipinski definition) is 2. The summed E-state index contributed by atoms with van der Waals surface area (Å²) < 4.78 is 13.4. The van der Waals surface area contributed by atoms with Crippen LogP contribution < -0.4 is 16.0 Å². The topological polar surface area (TPSA) is 68.8 Å². The maximum Gasteiger partial charge on any atom is 0.321 e. The molecule has 0 radical (unpaired) electrons. The number of benzene rings is 2. The monoisotopic (exact) mass is 397 g/mol. The first-order chi connectivity index (χ1) is 14.0. The zero-order valence-corrected chi connectivity index (χ0v) is 17.0. The molecule has 0 unspecified atom stereocenters. The number of carbonyl (C=O) groups excluding carboxylic acids is 1. The van der Waals surface area contributed by atoms with E-state index in [0.717, 1.165) is 42.7 Å². The van der Waals surface area contributed by atoms with E-state index in [0.29, 0.717) is 24.6 Å². The highest BCUT2D eigenvalue weighted by molar-refractivity contribution is 5.89. The summed E-state index contributed by atoms with van der Waals surface area (Å²) >= 11 is 0. The van der Waals surface area contributed by atoms with Crippen LogP contribution in [0.2, 0.25) is 0 Å². The van der Waals surface area contributed by atoms with Crippen LogP contribution in [0.15, 0.2) is 47.5 Å². The largest absolute Gasteiger partial charge is 0.352 e. The fourth-order valence-electron chi connectivity index (χ4n) is 3.29. The van der Waals surface area contributed by atoms with E-state index in [4.69, 9.17) is 0 Å². The smallest absolute Gasteiger partial charge is 0.321 e. The molecule has 3 rings (SSSR count). The fraction of sp³-hybridized carbons (Fsp3) is 0.364. The van der Waals surface area contributed by atoms with E-state index in [9.17, 15) is 9.18 Å². The van der Waals surface area contributed by atoms with Crippen molar-refractivity contribution in [1.82, 2.24) is 15.5 Å². The Balaban J connectivity index is 1.51. The van der Waals surface area contributed by atoms with E-state index in [1.807, 2.05) is 35.2 Å². The van der Waals surface area contributed by atoms with Crippen LogP contribution in [0.25, 0.3) is 0 Å². The molecule has 2 aromatic rings. The van der Waals surface area contributed by atoms with Crippen LogP contribution in [0.4, 0.5) is 14.9 Å². The Morgan fingerprint density at radius 3 is 2.41 bits per heavy atom. The summed E-state index contributed by atoms with van der Waals surface area (Å²) in [6.07, 6.45) is 2.14. The van der Waals surface area contributed by atoms with Crippen molar-refractivity contribution < 1.29 is 9.18 Å². The molecule has 0 spiro atoms. The molecule has 29 heavy (non-hydrogen) atoms. The Bertz CT molecular complexity index is 877. The Labute approximate surface area is 171 Å². The van der Waals surface area contributed by atoms with Gasteiger partial charge in [-0.3, -0.25) is 4.99 Å². The van der Waals surface area contributed by atoms with Gasteiger partial charge in [-0.1, -0.05) is 24.3 Å². The van der Waals surface area contributed by atoms with Gasteiger partial charge in [0.05, 0.1) is 0 Å². The van der Waals surface area contributed by atoms with Crippen molar-refractivity contribution in [3.05, 3.63) is 65.0 Å². The van der Waals surface area contributed by atoms with E-state index in [1.54, 1.807) is 20.0 Å². The van der Waals surface area contributed by atoms with Gasteiger partial charge >= 0.3 is 6.03 Å². The highest BCUT2D eigenvalue weighted by Gasteiger charge is 2.17. The lowest BCUT2D eigenvalue weighted by atomic mass is 10.1. The molecule has 0 bridgehead atoms. The number of aryl methyl sites for hydroxylation is 1. The van der Waals surface area contributed by atoms with Crippen molar-refractivity contribution in [2.75, 3.05) is 25.5 Å². The van der Waals surface area contributed by atoms with Gasteiger partial charge in [0.25, 0.3) is 0 Å². The van der Waals surface area contributed by atoms with E-state index >= 15 is 0 Å². The van der Waals surface area contributed by atoms with Crippen molar-refractivity contribution in [3.63, 3.8) is 0 Å². The van der Waals surface area contributed by atoms with Crippen molar-refractivity contribution in [1.29, 1.82) is 0 Å². The average Bonchev–Trinajstić information content (AvgIpc) is 3.26. The fourth-order valence-corrected chi connectivity index (χ4v) is 3.29. The summed E-state index contributed by atoms with van der Waals surface area (Å²) in [6.45, 7) is 4.51. The lowest BCUT2D eigenvalue weighted by Gasteiger charge is -2.17. The molecule has 6 nitrogen and oxygen atoms in total. The SMILES string of the molecule is CN=C(NCc1cccc(NC(=O)N2CCCC2)c1)NCc1ccc(F)c(C)c1. The lowest BCUT2D eigenvalue weighted by molar-refractivity contribution is 0.222. The molecular formula is C22H28FN5O. The molecule has 1 aliphatic rings. The number of amides is 2. The summed E-state index contributed by atoms with van der Waals surface area (Å²) in [5.41, 5.74) is 3.43. The normalized spacial score (nSPS) is 14.0. The Morgan fingerprint density at radius 2 is 1.76 bits per heavy atom. The van der Waals surface area contributed by atoms with Gasteiger partial charge in [-0.05, 0) is 54.7 Å². The van der Waals surface area contributed by atoms with Gasteiger partial charge in [0.15, 0.2) is 5.96 Å². The number of nitrogens with one attached hydrogen (secondary N) is 3. The minimum Gasteiger partial charge on any atom is -0.352 e. The minimum absolute atomic E-state index is 0.0420. The predicted octanol–water partition coefficient (Wildman–Crippen LogP) is 3.63. The number of aliphatic imine (C=N–C) groups is 1. The number of rotatable bonds is 5. The van der Waals surface area contributed by atoms with Gasteiger partial charge in [-0.2, -0.15) is 0 Å². The maximum absolute atomic E-state index is 13.4. The third-order valence-electron chi connectivity index (χ3n) is 4.94. The second-order valence-electron chi connectivity index (χ2n) is 7.19. The van der Waals surface area contributed by atoms with Crippen LogP contribution in [0.5, 0.6) is 0 Å². The number of nitrogens with zero attached hydrogens (tertiary/aromatic N) is 2. The van der Waals surface area contributed by atoms with E-state index < -0.39 is 0 Å². The molecule has 0 aliphatic carbocycles. The van der Waals surface area contributed by atoms with Crippen LogP contribution in [0, 0.1) is 12.7 Å². The second kappa shape index (κ2) is 9.91. The van der Waals surface area contributed by atoms with Crippen LogP contribution in [-0.2, 0) is 13.1 Å². The second-order valence-corrected chi connectivity index (χ2v) is 7.19. The summed E-state index contributed by atoms with van der Waals surface area (Å²) in [4.78, 5) is 18.3. The molecule has 0 saturated carbocycles. The minimum atomic E-state index is -0.201. The number of urea groups is 1. The summed E-state index contributed by atoms with van der Waals surface area (Å²) in [5, 5.41) is 9.45. The van der Waals surface area contributed by atoms with Crippen molar-refractivity contribution in [3.8, 4) is 0 Å². The Kier molecular flexibility index (Phi) is 7.05. The molecule has 7 heteroatoms. The quantitative estimate of drug-likeness (QED) is 0.533. The maximum atomic E-state index is 13.4.